The van der Waals surface area contributed by atoms with E-state index in [1.54, 1.807) is 0 Å². The van der Waals surface area contributed by atoms with Crippen molar-refractivity contribution in [3.8, 4) is 0 Å². The van der Waals surface area contributed by atoms with Gasteiger partial charge >= 0.3 is 0 Å². The van der Waals surface area contributed by atoms with Crippen LogP contribution in [-0.2, 0) is 4.79 Å². The Bertz CT molecular complexity index is 417. The first-order chi connectivity index (χ1) is 9.36. The number of hydrogen-bond donors (Lipinski definition) is 0. The summed E-state index contributed by atoms with van der Waals surface area (Å²) in [5.74, 6) is 1.78. The van der Waals surface area contributed by atoms with Crippen LogP contribution in [0.5, 0.6) is 0 Å². The molecule has 2 atom stereocenters. The molecule has 1 nitrogen and oxygen atoms in total. The molecule has 19 heavy (non-hydrogen) atoms. The van der Waals surface area contributed by atoms with Crippen LogP contribution in [0.2, 0.25) is 0 Å². The Balaban J connectivity index is 1.75. The minimum Gasteiger partial charge on any atom is -0.299 e. The maximum atomic E-state index is 12.8. The molecule has 0 heterocycles. The standard InChI is InChI=1S/C18H24O/c19-18-16(14-8-3-1-4-9-14)12-7-13-17(18)15-10-5-2-6-11-15/h1,3-4,8-9,15-17H,2,5-7,10-13H2. The van der Waals surface area contributed by atoms with Gasteiger partial charge in [0.15, 0.2) is 0 Å². The highest BCUT2D eigenvalue weighted by Gasteiger charge is 2.36. The van der Waals surface area contributed by atoms with Gasteiger partial charge in [-0.25, -0.2) is 0 Å². The largest absolute Gasteiger partial charge is 0.299 e. The highest BCUT2D eigenvalue weighted by molar-refractivity contribution is 5.88. The molecule has 2 fully saturated rings. The minimum absolute atomic E-state index is 0.182. The fourth-order valence-electron chi connectivity index (χ4n) is 4.11. The zero-order valence-electron chi connectivity index (χ0n) is 11.7. The van der Waals surface area contributed by atoms with Crippen molar-refractivity contribution < 1.29 is 4.79 Å². The third kappa shape index (κ3) is 2.75. The molecule has 0 aromatic heterocycles. The fraction of sp³-hybridized carbons (Fsp3) is 0.611. The van der Waals surface area contributed by atoms with Crippen molar-refractivity contribution in [3.63, 3.8) is 0 Å². The molecule has 0 amide bonds. The Morgan fingerprint density at radius 2 is 1.53 bits per heavy atom. The van der Waals surface area contributed by atoms with Crippen molar-refractivity contribution in [2.75, 3.05) is 0 Å². The molecule has 0 radical (unpaired) electrons. The van der Waals surface area contributed by atoms with Crippen LogP contribution in [0.25, 0.3) is 0 Å². The molecule has 0 N–H and O–H groups in total. The number of ketones is 1. The Kier molecular flexibility index (Phi) is 4.00. The average Bonchev–Trinajstić information content (AvgIpc) is 2.49. The van der Waals surface area contributed by atoms with Gasteiger partial charge in [-0.15, -0.1) is 0 Å². The van der Waals surface area contributed by atoms with Gasteiger partial charge in [-0.3, -0.25) is 4.79 Å². The third-order valence-electron chi connectivity index (χ3n) is 5.14. The maximum absolute atomic E-state index is 12.8. The van der Waals surface area contributed by atoms with Crippen molar-refractivity contribution in [2.24, 2.45) is 11.8 Å². The van der Waals surface area contributed by atoms with Gasteiger partial charge in [-0.1, -0.05) is 56.0 Å². The predicted molar refractivity (Wildman–Crippen MR) is 78.1 cm³/mol. The monoisotopic (exact) mass is 256 g/mol. The van der Waals surface area contributed by atoms with E-state index in [1.165, 1.54) is 44.1 Å². The number of Topliss-reactive ketones (excluding diaryl/α,β-unsaturated/α-hetero) is 1. The van der Waals surface area contributed by atoms with Crippen LogP contribution in [-0.4, -0.2) is 5.78 Å². The SMILES string of the molecule is O=C1C(c2ccccc2)CCCC1C1CCCCC1. The van der Waals surface area contributed by atoms with Gasteiger partial charge < -0.3 is 0 Å². The first-order valence-corrected chi connectivity index (χ1v) is 7.95. The van der Waals surface area contributed by atoms with Gasteiger partial charge in [0.2, 0.25) is 0 Å². The molecule has 1 aromatic rings. The van der Waals surface area contributed by atoms with Crippen molar-refractivity contribution >= 4 is 5.78 Å². The van der Waals surface area contributed by atoms with Crippen molar-refractivity contribution in [1.29, 1.82) is 0 Å². The Morgan fingerprint density at radius 1 is 0.789 bits per heavy atom. The molecule has 0 aliphatic heterocycles. The van der Waals surface area contributed by atoms with Crippen molar-refractivity contribution in [3.05, 3.63) is 35.9 Å². The molecule has 2 unspecified atom stereocenters. The molecule has 2 saturated carbocycles. The Labute approximate surface area is 116 Å². The summed E-state index contributed by atoms with van der Waals surface area (Å²) < 4.78 is 0. The van der Waals surface area contributed by atoms with E-state index in [-0.39, 0.29) is 5.92 Å². The van der Waals surface area contributed by atoms with Crippen LogP contribution in [0.3, 0.4) is 0 Å². The van der Waals surface area contributed by atoms with Gasteiger partial charge in [0.05, 0.1) is 0 Å². The van der Waals surface area contributed by atoms with Crippen LogP contribution in [0, 0.1) is 11.8 Å². The predicted octanol–water partition coefficient (Wildman–Crippen LogP) is 4.72. The molecule has 3 rings (SSSR count). The molecule has 0 saturated heterocycles. The lowest BCUT2D eigenvalue weighted by Crippen LogP contribution is -2.33. The van der Waals surface area contributed by atoms with E-state index < -0.39 is 0 Å². The van der Waals surface area contributed by atoms with Crippen LogP contribution in [0.1, 0.15) is 62.8 Å². The minimum atomic E-state index is 0.182. The van der Waals surface area contributed by atoms with Crippen molar-refractivity contribution in [1.82, 2.24) is 0 Å². The summed E-state index contributed by atoms with van der Waals surface area (Å²) in [5.41, 5.74) is 1.24. The van der Waals surface area contributed by atoms with E-state index in [9.17, 15) is 4.79 Å². The second-order valence-electron chi connectivity index (χ2n) is 6.30. The van der Waals surface area contributed by atoms with E-state index >= 15 is 0 Å². The normalized spacial score (nSPS) is 29.4. The van der Waals surface area contributed by atoms with Crippen LogP contribution >= 0.6 is 0 Å². The quantitative estimate of drug-likeness (QED) is 0.748. The van der Waals surface area contributed by atoms with E-state index in [0.29, 0.717) is 17.6 Å². The van der Waals surface area contributed by atoms with Gasteiger partial charge in [0, 0.05) is 11.8 Å². The summed E-state index contributed by atoms with van der Waals surface area (Å²) in [6.45, 7) is 0. The smallest absolute Gasteiger partial charge is 0.143 e. The number of rotatable bonds is 2. The lowest BCUT2D eigenvalue weighted by Gasteiger charge is -2.35. The van der Waals surface area contributed by atoms with Gasteiger partial charge in [-0.05, 0) is 37.2 Å². The summed E-state index contributed by atoms with van der Waals surface area (Å²) in [7, 11) is 0. The van der Waals surface area contributed by atoms with Crippen molar-refractivity contribution in [2.45, 2.75) is 57.3 Å². The van der Waals surface area contributed by atoms with E-state index in [0.717, 1.165) is 12.8 Å². The summed E-state index contributed by atoms with van der Waals surface area (Å²) in [6.07, 6.45) is 10.1. The number of benzene rings is 1. The van der Waals surface area contributed by atoms with E-state index in [4.69, 9.17) is 0 Å². The molecular weight excluding hydrogens is 232 g/mol. The number of carbonyl (C=O) groups is 1. The topological polar surface area (TPSA) is 17.1 Å². The van der Waals surface area contributed by atoms with Crippen LogP contribution < -0.4 is 0 Å². The average molecular weight is 256 g/mol. The van der Waals surface area contributed by atoms with Gasteiger partial charge in [0.1, 0.15) is 5.78 Å². The molecule has 2 aliphatic rings. The zero-order valence-corrected chi connectivity index (χ0v) is 11.7. The second kappa shape index (κ2) is 5.90. The zero-order chi connectivity index (χ0) is 13.1. The van der Waals surface area contributed by atoms with Gasteiger partial charge in [0.25, 0.3) is 0 Å². The first-order valence-electron chi connectivity index (χ1n) is 7.95. The van der Waals surface area contributed by atoms with Crippen LogP contribution in [0.4, 0.5) is 0 Å². The molecule has 102 valence electrons. The molecule has 0 bridgehead atoms. The number of carbonyl (C=O) groups excluding carboxylic acids is 1. The van der Waals surface area contributed by atoms with Gasteiger partial charge in [-0.2, -0.15) is 0 Å². The molecule has 0 spiro atoms. The second-order valence-corrected chi connectivity index (χ2v) is 6.30. The fourth-order valence-corrected chi connectivity index (χ4v) is 4.11. The lowest BCUT2D eigenvalue weighted by atomic mass is 9.68. The Hall–Kier alpha value is -1.11. The molecule has 1 heteroatoms. The lowest BCUT2D eigenvalue weighted by molar-refractivity contribution is -0.128. The Morgan fingerprint density at radius 3 is 2.26 bits per heavy atom. The third-order valence-corrected chi connectivity index (χ3v) is 5.14. The number of hydrogen-bond acceptors (Lipinski definition) is 1. The summed E-state index contributed by atoms with van der Waals surface area (Å²) >= 11 is 0. The molecular formula is C18H24O. The highest BCUT2D eigenvalue weighted by Crippen LogP contribution is 2.41. The van der Waals surface area contributed by atoms with Crippen LogP contribution in [0.15, 0.2) is 30.3 Å². The van der Waals surface area contributed by atoms with E-state index in [1.807, 2.05) is 6.07 Å². The molecule has 1 aromatic carbocycles. The van der Waals surface area contributed by atoms with E-state index in [2.05, 4.69) is 24.3 Å². The maximum Gasteiger partial charge on any atom is 0.143 e. The molecule has 2 aliphatic carbocycles. The first kappa shape index (κ1) is 12.9. The highest BCUT2D eigenvalue weighted by atomic mass is 16.1. The summed E-state index contributed by atoms with van der Waals surface area (Å²) in [4.78, 5) is 12.8. The summed E-state index contributed by atoms with van der Waals surface area (Å²) in [5, 5.41) is 0. The summed E-state index contributed by atoms with van der Waals surface area (Å²) in [6, 6.07) is 10.4.